The van der Waals surface area contributed by atoms with Crippen LogP contribution >= 0.6 is 0 Å². The smallest absolute Gasteiger partial charge is 0.296 e. The Morgan fingerprint density at radius 3 is 1.02 bits per heavy atom. The number of amides is 3. The average Bonchev–Trinajstić information content (AvgIpc) is 2.81. The fraction of sp³-hybridized carbons (Fsp3) is 0.484. The van der Waals surface area contributed by atoms with Crippen molar-refractivity contribution in [3.05, 3.63) is 0 Å². The highest BCUT2D eigenvalue weighted by Gasteiger charge is 2.69. The summed E-state index contributed by atoms with van der Waals surface area (Å²) in [4.78, 5) is 97.1. The van der Waals surface area contributed by atoms with Crippen molar-refractivity contribution < 1.29 is 38.4 Å². The summed E-state index contributed by atoms with van der Waals surface area (Å²) >= 11 is 0. The molecule has 4 aliphatic carbocycles. The fourth-order valence-corrected chi connectivity index (χ4v) is 7.23. The van der Waals surface area contributed by atoms with Crippen molar-refractivity contribution in [2.45, 2.75) is 89.3 Å². The topological polar surface area (TPSA) is 173 Å². The standard InChI is InChI=1S/C31H29N3O8/c1-20(35)5-9-24(39)13-28-14-29(32-25(40)10-6-21(2)36)17-30(15-28,33-26(41)11-7-22(3)37)19-31(16-28,18-29)34-27(42)12-8-23(4)38/h13-19H2,1-4H3,(H,32,40)(H,33,41)(H,34,42). The van der Waals surface area contributed by atoms with Crippen LogP contribution in [-0.2, 0) is 38.4 Å². The van der Waals surface area contributed by atoms with Crippen molar-refractivity contribution in [3.8, 4) is 47.4 Å². The monoisotopic (exact) mass is 571 g/mol. The van der Waals surface area contributed by atoms with Gasteiger partial charge in [0.2, 0.25) is 28.9 Å². The molecule has 0 aliphatic heterocycles. The van der Waals surface area contributed by atoms with Crippen LogP contribution in [0, 0.1) is 52.8 Å². The molecule has 11 heteroatoms. The number of hydrogen-bond donors (Lipinski definition) is 3. The van der Waals surface area contributed by atoms with E-state index in [9.17, 15) is 38.4 Å². The molecule has 4 saturated carbocycles. The number of carbonyl (C=O) groups excluding carboxylic acids is 8. The van der Waals surface area contributed by atoms with Gasteiger partial charge in [-0.2, -0.15) is 0 Å². The summed E-state index contributed by atoms with van der Waals surface area (Å²) in [7, 11) is 0. The van der Waals surface area contributed by atoms with E-state index in [1.165, 1.54) is 27.7 Å². The van der Waals surface area contributed by atoms with E-state index in [-0.39, 0.29) is 44.9 Å². The second kappa shape index (κ2) is 11.9. The Morgan fingerprint density at radius 1 is 0.452 bits per heavy atom. The molecule has 0 atom stereocenters. The predicted molar refractivity (Wildman–Crippen MR) is 146 cm³/mol. The molecule has 0 saturated heterocycles. The number of carbonyl (C=O) groups is 8. The molecular weight excluding hydrogens is 542 g/mol. The maximum atomic E-state index is 13.0. The molecule has 0 aromatic carbocycles. The molecule has 4 bridgehead atoms. The van der Waals surface area contributed by atoms with Gasteiger partial charge in [0.25, 0.3) is 17.7 Å². The SMILES string of the molecule is CC(=O)C#CC(=O)CC12CC3(NC(=O)C#CC(C)=O)CC(NC(=O)C#CC(C)=O)(C1)CC(NC(=O)C#CC(C)=O)(C2)C3. The molecule has 4 fully saturated rings. The fourth-order valence-electron chi connectivity index (χ4n) is 7.23. The van der Waals surface area contributed by atoms with Crippen molar-refractivity contribution in [1.82, 2.24) is 16.0 Å². The minimum Gasteiger partial charge on any atom is -0.340 e. The highest BCUT2D eigenvalue weighted by molar-refractivity contribution is 6.05. The van der Waals surface area contributed by atoms with Crippen LogP contribution in [0.3, 0.4) is 0 Å². The molecule has 0 heterocycles. The zero-order valence-corrected chi connectivity index (χ0v) is 23.7. The van der Waals surface area contributed by atoms with Crippen molar-refractivity contribution >= 4 is 46.6 Å². The third-order valence-electron chi connectivity index (χ3n) is 7.28. The van der Waals surface area contributed by atoms with Gasteiger partial charge in [-0.25, -0.2) is 0 Å². The molecule has 42 heavy (non-hydrogen) atoms. The van der Waals surface area contributed by atoms with Crippen LogP contribution in [-0.4, -0.2) is 63.3 Å². The molecule has 0 aromatic heterocycles. The first kappa shape index (κ1) is 31.5. The van der Waals surface area contributed by atoms with Crippen LogP contribution < -0.4 is 16.0 Å². The lowest BCUT2D eigenvalue weighted by molar-refractivity contribution is -0.153. The van der Waals surface area contributed by atoms with Crippen LogP contribution in [0.4, 0.5) is 0 Å². The highest BCUT2D eigenvalue weighted by Crippen LogP contribution is 2.65. The molecule has 4 aliphatic rings. The Labute approximate surface area is 243 Å². The van der Waals surface area contributed by atoms with Crippen molar-refractivity contribution in [3.63, 3.8) is 0 Å². The van der Waals surface area contributed by atoms with E-state index < -0.39 is 68.7 Å². The van der Waals surface area contributed by atoms with Crippen LogP contribution in [0.15, 0.2) is 0 Å². The molecule has 4 rings (SSSR count). The molecule has 0 radical (unpaired) electrons. The third kappa shape index (κ3) is 8.03. The normalized spacial score (nSPS) is 27.4. The second-order valence-corrected chi connectivity index (χ2v) is 11.6. The summed E-state index contributed by atoms with van der Waals surface area (Å²) in [5.74, 6) is 13.0. The van der Waals surface area contributed by atoms with E-state index >= 15 is 0 Å². The number of ketones is 5. The Bertz CT molecular complexity index is 1300. The van der Waals surface area contributed by atoms with Crippen molar-refractivity contribution in [2.24, 2.45) is 5.41 Å². The van der Waals surface area contributed by atoms with E-state index in [0.717, 1.165) is 0 Å². The Kier molecular flexibility index (Phi) is 8.90. The third-order valence-corrected chi connectivity index (χ3v) is 7.28. The Hall–Kier alpha value is -5.00. The van der Waals surface area contributed by atoms with Crippen LogP contribution in [0.5, 0.6) is 0 Å². The first-order valence-corrected chi connectivity index (χ1v) is 13.1. The van der Waals surface area contributed by atoms with Gasteiger partial charge in [0.15, 0.2) is 0 Å². The van der Waals surface area contributed by atoms with E-state index in [0.29, 0.717) is 0 Å². The second-order valence-electron chi connectivity index (χ2n) is 11.6. The molecule has 0 aromatic rings. The molecule has 216 valence electrons. The van der Waals surface area contributed by atoms with Crippen LogP contribution in [0.2, 0.25) is 0 Å². The van der Waals surface area contributed by atoms with Gasteiger partial charge in [-0.15, -0.1) is 0 Å². The summed E-state index contributed by atoms with van der Waals surface area (Å²) in [6.45, 7) is 4.82. The van der Waals surface area contributed by atoms with Gasteiger partial charge in [-0.1, -0.05) is 0 Å². The first-order chi connectivity index (χ1) is 19.5. The zero-order valence-electron chi connectivity index (χ0n) is 23.7. The number of hydrogen-bond acceptors (Lipinski definition) is 8. The zero-order chi connectivity index (χ0) is 31.3. The van der Waals surface area contributed by atoms with E-state index in [1.807, 2.05) is 0 Å². The Morgan fingerprint density at radius 2 is 0.738 bits per heavy atom. The summed E-state index contributed by atoms with van der Waals surface area (Å²) < 4.78 is 0. The number of nitrogens with one attached hydrogen (secondary N) is 3. The quantitative estimate of drug-likeness (QED) is 0.286. The number of Topliss-reactive ketones (excluding diaryl/α,β-unsaturated/α-hetero) is 5. The molecule has 3 amide bonds. The maximum absolute atomic E-state index is 13.0. The molecule has 0 unspecified atom stereocenters. The summed E-state index contributed by atoms with van der Waals surface area (Å²) in [6, 6.07) is 0. The predicted octanol–water partition coefficient (Wildman–Crippen LogP) is -0.752. The van der Waals surface area contributed by atoms with Crippen molar-refractivity contribution in [2.75, 3.05) is 0 Å². The largest absolute Gasteiger partial charge is 0.340 e. The van der Waals surface area contributed by atoms with Gasteiger partial charge >= 0.3 is 0 Å². The molecular formula is C31H29N3O8. The van der Waals surface area contributed by atoms with Gasteiger partial charge in [0, 0.05) is 68.5 Å². The van der Waals surface area contributed by atoms with Gasteiger partial charge in [0.1, 0.15) is 0 Å². The highest BCUT2D eigenvalue weighted by atomic mass is 16.2. The lowest BCUT2D eigenvalue weighted by Crippen LogP contribution is -2.79. The van der Waals surface area contributed by atoms with Gasteiger partial charge in [0.05, 0.1) is 0 Å². The molecule has 0 spiro atoms. The number of rotatable bonds is 5. The minimum absolute atomic E-state index is 0.155. The Balaban J connectivity index is 2.15. The first-order valence-electron chi connectivity index (χ1n) is 13.1. The maximum Gasteiger partial charge on any atom is 0.296 e. The van der Waals surface area contributed by atoms with Gasteiger partial charge < -0.3 is 16.0 Å². The van der Waals surface area contributed by atoms with E-state index in [4.69, 9.17) is 0 Å². The summed E-state index contributed by atoms with van der Waals surface area (Å²) in [5, 5.41) is 8.63. The van der Waals surface area contributed by atoms with E-state index in [1.54, 1.807) is 0 Å². The van der Waals surface area contributed by atoms with Crippen molar-refractivity contribution in [1.29, 1.82) is 0 Å². The van der Waals surface area contributed by atoms with E-state index in [2.05, 4.69) is 63.3 Å². The molecule has 11 nitrogen and oxygen atoms in total. The average molecular weight is 572 g/mol. The minimum atomic E-state index is -1.12. The summed E-state index contributed by atoms with van der Waals surface area (Å²) in [5.41, 5.74) is -4.28. The lowest BCUT2D eigenvalue weighted by Gasteiger charge is -2.70. The lowest BCUT2D eigenvalue weighted by atomic mass is 9.41. The molecule has 3 N–H and O–H groups in total. The summed E-state index contributed by atoms with van der Waals surface area (Å²) in [6.07, 6.45) is 1.10. The van der Waals surface area contributed by atoms with Gasteiger partial charge in [-0.05, 0) is 73.5 Å². The van der Waals surface area contributed by atoms with Gasteiger partial charge in [-0.3, -0.25) is 38.4 Å². The van der Waals surface area contributed by atoms with Crippen LogP contribution in [0.1, 0.15) is 72.6 Å². The van der Waals surface area contributed by atoms with Crippen LogP contribution in [0.25, 0.3) is 0 Å².